The van der Waals surface area contributed by atoms with Crippen LogP contribution in [0.1, 0.15) is 46.7 Å². The minimum atomic E-state index is -0.297. The topological polar surface area (TPSA) is 42.7 Å². The molecular weight excluding hydrogens is 374 g/mol. The molecule has 4 nitrogen and oxygen atoms in total. The number of rotatable bonds is 1. The van der Waals surface area contributed by atoms with E-state index >= 15 is 0 Å². The van der Waals surface area contributed by atoms with E-state index in [2.05, 4.69) is 29.2 Å². The van der Waals surface area contributed by atoms with E-state index in [0.717, 1.165) is 35.8 Å². The molecule has 0 radical (unpaired) electrons. The second kappa shape index (κ2) is 6.64. The molecule has 2 heterocycles. The van der Waals surface area contributed by atoms with Gasteiger partial charge in [0.05, 0.1) is 10.6 Å². The van der Waals surface area contributed by atoms with Gasteiger partial charge in [-0.3, -0.25) is 4.90 Å². The summed E-state index contributed by atoms with van der Waals surface area (Å²) < 4.78 is 11.8. The van der Waals surface area contributed by atoms with Gasteiger partial charge >= 0.3 is 5.63 Å². The molecule has 144 valence electrons. The fourth-order valence-electron chi connectivity index (χ4n) is 4.59. The first-order valence-electron chi connectivity index (χ1n) is 9.74. The molecule has 0 saturated carbocycles. The summed E-state index contributed by atoms with van der Waals surface area (Å²) in [6, 6.07) is 10.8. The highest BCUT2D eigenvalue weighted by Gasteiger charge is 2.32. The highest BCUT2D eigenvalue weighted by Crippen LogP contribution is 2.43. The normalized spacial score (nSPS) is 19.2. The lowest BCUT2D eigenvalue weighted by atomic mass is 9.86. The second-order valence-electron chi connectivity index (χ2n) is 7.81. The van der Waals surface area contributed by atoms with Crippen molar-refractivity contribution in [2.75, 3.05) is 6.73 Å². The van der Waals surface area contributed by atoms with Crippen molar-refractivity contribution >= 4 is 22.6 Å². The zero-order valence-corrected chi connectivity index (χ0v) is 16.8. The Hall–Kier alpha value is -2.30. The number of hydrogen-bond acceptors (Lipinski definition) is 4. The molecule has 2 aliphatic rings. The lowest BCUT2D eigenvalue weighted by Crippen LogP contribution is -2.37. The Morgan fingerprint density at radius 3 is 2.86 bits per heavy atom. The number of nitrogens with zero attached hydrogens (tertiary/aromatic N) is 1. The van der Waals surface area contributed by atoms with E-state index in [1.807, 2.05) is 13.0 Å². The third-order valence-electron chi connectivity index (χ3n) is 6.26. The quantitative estimate of drug-likeness (QED) is 0.525. The van der Waals surface area contributed by atoms with Gasteiger partial charge in [0.1, 0.15) is 18.1 Å². The molecule has 0 bridgehead atoms. The van der Waals surface area contributed by atoms with E-state index in [1.165, 1.54) is 11.1 Å². The van der Waals surface area contributed by atoms with Gasteiger partial charge in [0.2, 0.25) is 0 Å². The highest BCUT2D eigenvalue weighted by molar-refractivity contribution is 6.33. The molecule has 1 unspecified atom stereocenters. The van der Waals surface area contributed by atoms with E-state index < -0.39 is 0 Å². The summed E-state index contributed by atoms with van der Waals surface area (Å²) in [4.78, 5) is 14.6. The van der Waals surface area contributed by atoms with Crippen LogP contribution in [0, 0.1) is 13.8 Å². The van der Waals surface area contributed by atoms with E-state index in [0.29, 0.717) is 41.2 Å². The van der Waals surface area contributed by atoms with Crippen molar-refractivity contribution in [3.05, 3.63) is 73.6 Å². The van der Waals surface area contributed by atoms with Crippen LogP contribution < -0.4 is 10.4 Å². The van der Waals surface area contributed by atoms with Crippen LogP contribution in [-0.2, 0) is 13.0 Å². The van der Waals surface area contributed by atoms with Crippen LogP contribution in [0.4, 0.5) is 0 Å². The van der Waals surface area contributed by atoms with Crippen molar-refractivity contribution in [1.82, 2.24) is 4.90 Å². The largest absolute Gasteiger partial charge is 0.476 e. The zero-order valence-electron chi connectivity index (χ0n) is 16.0. The zero-order chi connectivity index (χ0) is 19.4. The summed E-state index contributed by atoms with van der Waals surface area (Å²) in [5.74, 6) is 0.640. The van der Waals surface area contributed by atoms with E-state index in [1.54, 1.807) is 6.92 Å². The molecule has 1 atom stereocenters. The highest BCUT2D eigenvalue weighted by atomic mass is 35.5. The van der Waals surface area contributed by atoms with Gasteiger partial charge in [-0.25, -0.2) is 4.79 Å². The van der Waals surface area contributed by atoms with Gasteiger partial charge in [0, 0.05) is 23.5 Å². The molecule has 28 heavy (non-hydrogen) atoms. The lowest BCUT2D eigenvalue weighted by molar-refractivity contribution is 0.0482. The number of benzene rings is 2. The van der Waals surface area contributed by atoms with Crippen LogP contribution in [0.3, 0.4) is 0 Å². The van der Waals surface area contributed by atoms with Gasteiger partial charge in [-0.1, -0.05) is 35.9 Å². The minimum Gasteiger partial charge on any atom is -0.476 e. The Labute approximate surface area is 168 Å². The first kappa shape index (κ1) is 17.8. The molecule has 0 spiro atoms. The Balaban J connectivity index is 1.63. The van der Waals surface area contributed by atoms with Crippen LogP contribution in [0.15, 0.2) is 39.5 Å². The Bertz CT molecular complexity index is 1150. The predicted molar refractivity (Wildman–Crippen MR) is 110 cm³/mol. The summed E-state index contributed by atoms with van der Waals surface area (Å²) >= 11 is 6.54. The molecule has 3 aromatic rings. The molecular formula is C23H22ClNO3. The van der Waals surface area contributed by atoms with Crippen LogP contribution in [-0.4, -0.2) is 11.6 Å². The molecule has 2 aromatic carbocycles. The number of hydrogen-bond donors (Lipinski definition) is 0. The number of ether oxygens (including phenoxy) is 1. The SMILES string of the molecule is Cc1c(C)c2cc(Cl)c3c(c2oc1=O)CN(C1CCCc2ccccc21)CO3. The predicted octanol–water partition coefficient (Wildman–Crippen LogP) is 5.29. The van der Waals surface area contributed by atoms with Crippen molar-refractivity contribution in [3.8, 4) is 5.75 Å². The Kier molecular flexibility index (Phi) is 4.22. The molecule has 0 fully saturated rings. The summed E-state index contributed by atoms with van der Waals surface area (Å²) in [7, 11) is 0. The van der Waals surface area contributed by atoms with Crippen molar-refractivity contribution in [3.63, 3.8) is 0 Å². The minimum absolute atomic E-state index is 0.297. The average molecular weight is 396 g/mol. The smallest absolute Gasteiger partial charge is 0.339 e. The van der Waals surface area contributed by atoms with Crippen LogP contribution in [0.5, 0.6) is 5.75 Å². The maximum Gasteiger partial charge on any atom is 0.339 e. The van der Waals surface area contributed by atoms with Gasteiger partial charge in [-0.2, -0.15) is 0 Å². The Morgan fingerprint density at radius 2 is 2.00 bits per heavy atom. The van der Waals surface area contributed by atoms with Gasteiger partial charge < -0.3 is 9.15 Å². The Morgan fingerprint density at radius 1 is 1.18 bits per heavy atom. The number of aryl methyl sites for hydroxylation is 2. The molecule has 5 rings (SSSR count). The van der Waals surface area contributed by atoms with Gasteiger partial charge in [-0.05, 0) is 55.9 Å². The van der Waals surface area contributed by atoms with Crippen molar-refractivity contribution in [1.29, 1.82) is 0 Å². The molecule has 1 aliphatic carbocycles. The fourth-order valence-corrected chi connectivity index (χ4v) is 4.87. The van der Waals surface area contributed by atoms with Crippen molar-refractivity contribution < 1.29 is 9.15 Å². The third-order valence-corrected chi connectivity index (χ3v) is 6.54. The summed E-state index contributed by atoms with van der Waals surface area (Å²) in [5, 5.41) is 1.46. The molecule has 0 N–H and O–H groups in total. The average Bonchev–Trinajstić information content (AvgIpc) is 2.72. The summed E-state index contributed by atoms with van der Waals surface area (Å²) in [5.41, 5.74) is 5.50. The van der Waals surface area contributed by atoms with E-state index in [4.69, 9.17) is 20.8 Å². The van der Waals surface area contributed by atoms with Crippen LogP contribution >= 0.6 is 11.6 Å². The molecule has 0 saturated heterocycles. The first-order valence-corrected chi connectivity index (χ1v) is 10.1. The van der Waals surface area contributed by atoms with Crippen molar-refractivity contribution in [2.45, 2.75) is 45.7 Å². The third kappa shape index (κ3) is 2.66. The molecule has 5 heteroatoms. The molecule has 0 amide bonds. The number of halogens is 1. The molecule has 1 aromatic heterocycles. The maximum atomic E-state index is 12.3. The summed E-state index contributed by atoms with van der Waals surface area (Å²) in [6.07, 6.45) is 3.38. The maximum absolute atomic E-state index is 12.3. The lowest BCUT2D eigenvalue weighted by Gasteiger charge is -2.38. The van der Waals surface area contributed by atoms with Crippen LogP contribution in [0.25, 0.3) is 11.0 Å². The first-order chi connectivity index (χ1) is 13.5. The van der Waals surface area contributed by atoms with E-state index in [9.17, 15) is 4.79 Å². The van der Waals surface area contributed by atoms with Gasteiger partial charge in [-0.15, -0.1) is 0 Å². The monoisotopic (exact) mass is 395 g/mol. The van der Waals surface area contributed by atoms with Gasteiger partial charge in [0.15, 0.2) is 0 Å². The standard InChI is InChI=1S/C23H22ClNO3/c1-13-14(2)23(26)28-21-17(13)10-19(24)22-18(21)11-25(12-27-22)20-9-5-7-15-6-3-4-8-16(15)20/h3-4,6,8,10,20H,5,7,9,11-12H2,1-2H3. The fraction of sp³-hybridized carbons (Fsp3) is 0.348. The van der Waals surface area contributed by atoms with Crippen molar-refractivity contribution in [2.24, 2.45) is 0 Å². The second-order valence-corrected chi connectivity index (χ2v) is 8.22. The van der Waals surface area contributed by atoms with Gasteiger partial charge in [0.25, 0.3) is 0 Å². The van der Waals surface area contributed by atoms with Crippen LogP contribution in [0.2, 0.25) is 5.02 Å². The van der Waals surface area contributed by atoms with E-state index in [-0.39, 0.29) is 5.63 Å². The molecule has 1 aliphatic heterocycles. The number of fused-ring (bicyclic) bond motifs is 4. The summed E-state index contributed by atoms with van der Waals surface area (Å²) in [6.45, 7) is 4.86.